The van der Waals surface area contributed by atoms with Crippen LogP contribution in [-0.4, -0.2) is 19.3 Å². The molecule has 2 atom stereocenters. The second kappa shape index (κ2) is 5.43. The van der Waals surface area contributed by atoms with E-state index in [0.717, 1.165) is 18.1 Å². The summed E-state index contributed by atoms with van der Waals surface area (Å²) in [5.41, 5.74) is 1.42. The average molecular weight is 280 g/mol. The molecule has 1 spiro atoms. The molecular weight excluding hydrogens is 258 g/mol. The Hall–Kier alpha value is -0.570. The van der Waals surface area contributed by atoms with Gasteiger partial charge >= 0.3 is 0 Å². The minimum absolute atomic E-state index is 0.194. The van der Waals surface area contributed by atoms with E-state index in [9.17, 15) is 0 Å². The summed E-state index contributed by atoms with van der Waals surface area (Å²) in [6.07, 6.45) is 6.09. The van der Waals surface area contributed by atoms with E-state index in [2.05, 4.69) is 17.4 Å². The third-order valence-electron chi connectivity index (χ3n) is 4.82. The zero-order valence-corrected chi connectivity index (χ0v) is 12.2. The molecular formula is C16H22ClNO. The van der Waals surface area contributed by atoms with E-state index >= 15 is 0 Å². The summed E-state index contributed by atoms with van der Waals surface area (Å²) in [5, 5.41) is 4.35. The predicted octanol–water partition coefficient (Wildman–Crippen LogP) is 3.95. The van der Waals surface area contributed by atoms with Crippen molar-refractivity contribution in [3.8, 4) is 0 Å². The van der Waals surface area contributed by atoms with Gasteiger partial charge in [0.1, 0.15) is 0 Å². The van der Waals surface area contributed by atoms with Gasteiger partial charge in [0.25, 0.3) is 0 Å². The molecule has 0 aromatic heterocycles. The van der Waals surface area contributed by atoms with Crippen molar-refractivity contribution in [2.24, 2.45) is 5.92 Å². The summed E-state index contributed by atoms with van der Waals surface area (Å²) in [4.78, 5) is 0. The lowest BCUT2D eigenvalue weighted by Gasteiger charge is -2.49. The van der Waals surface area contributed by atoms with Crippen LogP contribution in [0.25, 0.3) is 0 Å². The molecule has 3 heteroatoms. The third kappa shape index (κ3) is 2.54. The van der Waals surface area contributed by atoms with Gasteiger partial charge in [-0.2, -0.15) is 0 Å². The number of hydrogen-bond acceptors (Lipinski definition) is 2. The zero-order chi connectivity index (χ0) is 13.3. The molecule has 1 heterocycles. The van der Waals surface area contributed by atoms with E-state index in [4.69, 9.17) is 16.3 Å². The number of ether oxygens (including phenoxy) is 1. The highest BCUT2D eigenvalue weighted by Crippen LogP contribution is 2.47. The predicted molar refractivity (Wildman–Crippen MR) is 78.5 cm³/mol. The van der Waals surface area contributed by atoms with Crippen LogP contribution in [0.2, 0.25) is 5.02 Å². The van der Waals surface area contributed by atoms with Crippen molar-refractivity contribution in [2.45, 2.75) is 43.7 Å². The first-order valence-corrected chi connectivity index (χ1v) is 7.67. The Balaban J connectivity index is 1.80. The fourth-order valence-electron chi connectivity index (χ4n) is 3.64. The van der Waals surface area contributed by atoms with Gasteiger partial charge in [0, 0.05) is 17.7 Å². The van der Waals surface area contributed by atoms with E-state index in [1.54, 1.807) is 0 Å². The van der Waals surface area contributed by atoms with Gasteiger partial charge in [-0.25, -0.2) is 0 Å². The second-order valence-electron chi connectivity index (χ2n) is 5.93. The van der Waals surface area contributed by atoms with Crippen LogP contribution in [0.15, 0.2) is 24.3 Å². The number of hydrogen-bond donors (Lipinski definition) is 1. The highest BCUT2D eigenvalue weighted by atomic mass is 35.5. The van der Waals surface area contributed by atoms with Crippen LogP contribution in [0.5, 0.6) is 0 Å². The molecule has 3 rings (SSSR count). The molecule has 2 aliphatic rings. The van der Waals surface area contributed by atoms with Crippen molar-refractivity contribution in [3.63, 3.8) is 0 Å². The molecule has 0 radical (unpaired) electrons. The summed E-state index contributed by atoms with van der Waals surface area (Å²) in [7, 11) is 2.04. The Morgan fingerprint density at radius 3 is 2.79 bits per heavy atom. The second-order valence-corrected chi connectivity index (χ2v) is 6.33. The fraction of sp³-hybridized carbons (Fsp3) is 0.625. The molecule has 1 saturated carbocycles. The van der Waals surface area contributed by atoms with Gasteiger partial charge in [0.15, 0.2) is 0 Å². The number of halogens is 1. The third-order valence-corrected chi connectivity index (χ3v) is 5.16. The van der Waals surface area contributed by atoms with Crippen molar-refractivity contribution >= 4 is 11.6 Å². The Morgan fingerprint density at radius 1 is 1.37 bits per heavy atom. The Bertz CT molecular complexity index is 444. The molecule has 0 bridgehead atoms. The number of rotatable bonds is 3. The van der Waals surface area contributed by atoms with Crippen molar-refractivity contribution in [2.75, 3.05) is 13.7 Å². The normalized spacial score (nSPS) is 26.9. The SMILES string of the molecule is CNC(c1ccccc1Cl)C1CCOC2(CCC2)C1. The molecule has 2 unspecified atom stereocenters. The van der Waals surface area contributed by atoms with Crippen molar-refractivity contribution in [1.82, 2.24) is 5.32 Å². The number of nitrogens with one attached hydrogen (secondary N) is 1. The minimum atomic E-state index is 0.194. The van der Waals surface area contributed by atoms with Gasteiger partial charge in [0.05, 0.1) is 5.60 Å². The van der Waals surface area contributed by atoms with Gasteiger partial charge in [-0.15, -0.1) is 0 Å². The summed E-state index contributed by atoms with van der Waals surface area (Å²) in [6, 6.07) is 8.54. The molecule has 19 heavy (non-hydrogen) atoms. The monoisotopic (exact) mass is 279 g/mol. The van der Waals surface area contributed by atoms with Crippen LogP contribution >= 0.6 is 11.6 Å². The summed E-state index contributed by atoms with van der Waals surface area (Å²) >= 11 is 6.36. The van der Waals surface area contributed by atoms with Crippen LogP contribution in [-0.2, 0) is 4.74 Å². The van der Waals surface area contributed by atoms with Crippen molar-refractivity contribution in [3.05, 3.63) is 34.9 Å². The summed E-state index contributed by atoms with van der Waals surface area (Å²) in [6.45, 7) is 0.896. The first-order valence-electron chi connectivity index (χ1n) is 7.30. The van der Waals surface area contributed by atoms with Gasteiger partial charge in [-0.3, -0.25) is 0 Å². The minimum Gasteiger partial charge on any atom is -0.375 e. The molecule has 104 valence electrons. The highest BCUT2D eigenvalue weighted by molar-refractivity contribution is 6.31. The molecule has 2 nitrogen and oxygen atoms in total. The van der Waals surface area contributed by atoms with Crippen molar-refractivity contribution < 1.29 is 4.74 Å². The Morgan fingerprint density at radius 2 is 2.16 bits per heavy atom. The van der Waals surface area contributed by atoms with E-state index in [-0.39, 0.29) is 5.60 Å². The molecule has 1 N–H and O–H groups in total. The molecule has 1 aromatic carbocycles. The van der Waals surface area contributed by atoms with E-state index < -0.39 is 0 Å². The van der Waals surface area contributed by atoms with Gasteiger partial charge in [-0.1, -0.05) is 29.8 Å². The van der Waals surface area contributed by atoms with Crippen molar-refractivity contribution in [1.29, 1.82) is 0 Å². The largest absolute Gasteiger partial charge is 0.375 e. The Kier molecular flexibility index (Phi) is 3.84. The fourth-order valence-corrected chi connectivity index (χ4v) is 3.90. The summed E-state index contributed by atoms with van der Waals surface area (Å²) in [5.74, 6) is 0.624. The Labute approximate surface area is 120 Å². The lowest BCUT2D eigenvalue weighted by molar-refractivity contribution is -0.147. The quantitative estimate of drug-likeness (QED) is 0.905. The highest BCUT2D eigenvalue weighted by Gasteiger charge is 2.44. The van der Waals surface area contributed by atoms with Gasteiger partial charge in [-0.05, 0) is 56.7 Å². The molecule has 1 aromatic rings. The maximum absolute atomic E-state index is 6.36. The molecule has 1 aliphatic carbocycles. The topological polar surface area (TPSA) is 21.3 Å². The van der Waals surface area contributed by atoms with Crippen LogP contribution in [0.3, 0.4) is 0 Å². The smallest absolute Gasteiger partial charge is 0.0686 e. The standard InChI is InChI=1S/C16H22ClNO/c1-18-15(13-5-2-3-6-14(13)17)12-7-10-19-16(11-12)8-4-9-16/h2-3,5-6,12,15,18H,4,7-11H2,1H3. The van der Waals surface area contributed by atoms with Crippen LogP contribution in [0.1, 0.15) is 43.7 Å². The van der Waals surface area contributed by atoms with Gasteiger partial charge < -0.3 is 10.1 Å². The van der Waals surface area contributed by atoms with Crippen LogP contribution in [0, 0.1) is 5.92 Å². The number of benzene rings is 1. The maximum atomic E-state index is 6.36. The molecule has 1 aliphatic heterocycles. The first-order chi connectivity index (χ1) is 9.24. The van der Waals surface area contributed by atoms with Crippen LogP contribution in [0.4, 0.5) is 0 Å². The average Bonchev–Trinajstić information content (AvgIpc) is 2.40. The molecule has 0 amide bonds. The first kappa shape index (κ1) is 13.4. The van der Waals surface area contributed by atoms with E-state index in [1.165, 1.54) is 31.2 Å². The molecule has 1 saturated heterocycles. The lowest BCUT2D eigenvalue weighted by atomic mass is 9.69. The lowest BCUT2D eigenvalue weighted by Crippen LogP contribution is -2.47. The van der Waals surface area contributed by atoms with E-state index in [1.807, 2.05) is 19.2 Å². The van der Waals surface area contributed by atoms with Crippen LogP contribution < -0.4 is 5.32 Å². The zero-order valence-electron chi connectivity index (χ0n) is 11.5. The summed E-state index contributed by atoms with van der Waals surface area (Å²) < 4.78 is 6.03. The molecule has 2 fully saturated rings. The van der Waals surface area contributed by atoms with Gasteiger partial charge in [0.2, 0.25) is 0 Å². The van der Waals surface area contributed by atoms with E-state index in [0.29, 0.717) is 12.0 Å². The maximum Gasteiger partial charge on any atom is 0.0686 e.